The predicted molar refractivity (Wildman–Crippen MR) is 65.9 cm³/mol. The summed E-state index contributed by atoms with van der Waals surface area (Å²) in [6.07, 6.45) is 0.705. The third-order valence-electron chi connectivity index (χ3n) is 1.99. The van der Waals surface area contributed by atoms with Gasteiger partial charge in [-0.1, -0.05) is 0 Å². The minimum absolute atomic E-state index is 0.00587. The Morgan fingerprint density at radius 3 is 2.76 bits per heavy atom. The topological polar surface area (TPSA) is 74.3 Å². The van der Waals surface area contributed by atoms with Crippen molar-refractivity contribution < 1.29 is 9.59 Å². The summed E-state index contributed by atoms with van der Waals surface area (Å²) in [5.41, 5.74) is 2.72. The van der Waals surface area contributed by atoms with Crippen LogP contribution < -0.4 is 10.6 Å². The Kier molecular flexibility index (Phi) is 5.41. The van der Waals surface area contributed by atoms with Crippen LogP contribution in [-0.2, 0) is 11.2 Å². The van der Waals surface area contributed by atoms with Crippen LogP contribution in [0.25, 0.3) is 0 Å². The number of amides is 3. The monoisotopic (exact) mass is 256 g/mol. The highest BCUT2D eigenvalue weighted by Crippen LogP contribution is 2.00. The molecule has 6 nitrogen and oxygen atoms in total. The van der Waals surface area contributed by atoms with Gasteiger partial charge in [-0.3, -0.25) is 4.79 Å². The molecule has 0 saturated heterocycles. The SMILES string of the molecule is CN(C)C(=O)NCC(=O)NCCc1cscn1. The molecule has 0 spiro atoms. The van der Waals surface area contributed by atoms with Gasteiger partial charge in [-0.25, -0.2) is 9.78 Å². The molecule has 0 atom stereocenters. The third kappa shape index (κ3) is 5.30. The van der Waals surface area contributed by atoms with Gasteiger partial charge >= 0.3 is 6.03 Å². The van der Waals surface area contributed by atoms with Crippen LogP contribution in [0.1, 0.15) is 5.69 Å². The number of aromatic nitrogens is 1. The van der Waals surface area contributed by atoms with Gasteiger partial charge in [0.2, 0.25) is 5.91 Å². The molecule has 17 heavy (non-hydrogen) atoms. The zero-order chi connectivity index (χ0) is 12.7. The number of hydrogen-bond donors (Lipinski definition) is 2. The highest BCUT2D eigenvalue weighted by Gasteiger charge is 2.06. The Bertz CT molecular complexity index is 364. The maximum atomic E-state index is 11.3. The average molecular weight is 256 g/mol. The van der Waals surface area contributed by atoms with Gasteiger partial charge < -0.3 is 15.5 Å². The standard InChI is InChI=1S/C10H16N4O2S/c1-14(2)10(16)12-5-9(15)11-4-3-8-6-17-7-13-8/h6-7H,3-5H2,1-2H3,(H,11,15)(H,12,16). The van der Waals surface area contributed by atoms with E-state index in [4.69, 9.17) is 0 Å². The molecule has 7 heteroatoms. The van der Waals surface area contributed by atoms with Crippen LogP contribution in [0, 0.1) is 0 Å². The average Bonchev–Trinajstić information content (AvgIpc) is 2.78. The molecule has 0 radical (unpaired) electrons. The van der Waals surface area contributed by atoms with Crippen molar-refractivity contribution >= 4 is 23.3 Å². The number of carbonyl (C=O) groups excluding carboxylic acids is 2. The normalized spacial score (nSPS) is 9.76. The third-order valence-corrected chi connectivity index (χ3v) is 2.63. The van der Waals surface area contributed by atoms with Crippen LogP contribution in [0.3, 0.4) is 0 Å². The zero-order valence-corrected chi connectivity index (χ0v) is 10.7. The van der Waals surface area contributed by atoms with E-state index in [-0.39, 0.29) is 18.5 Å². The first-order valence-corrected chi connectivity index (χ1v) is 6.13. The lowest BCUT2D eigenvalue weighted by molar-refractivity contribution is -0.120. The van der Waals surface area contributed by atoms with Crippen molar-refractivity contribution in [3.8, 4) is 0 Å². The second kappa shape index (κ2) is 6.85. The molecule has 1 heterocycles. The Morgan fingerprint density at radius 2 is 2.18 bits per heavy atom. The van der Waals surface area contributed by atoms with E-state index < -0.39 is 0 Å². The van der Waals surface area contributed by atoms with Crippen molar-refractivity contribution in [1.82, 2.24) is 20.5 Å². The summed E-state index contributed by atoms with van der Waals surface area (Å²) in [5, 5.41) is 7.14. The van der Waals surface area contributed by atoms with Crippen LogP contribution in [0.5, 0.6) is 0 Å². The highest BCUT2D eigenvalue weighted by molar-refractivity contribution is 7.07. The van der Waals surface area contributed by atoms with Gasteiger partial charge in [-0.2, -0.15) is 0 Å². The zero-order valence-electron chi connectivity index (χ0n) is 9.90. The van der Waals surface area contributed by atoms with E-state index in [1.807, 2.05) is 5.38 Å². The van der Waals surface area contributed by atoms with Gasteiger partial charge in [-0.15, -0.1) is 11.3 Å². The number of urea groups is 1. The summed E-state index contributed by atoms with van der Waals surface area (Å²) < 4.78 is 0. The van der Waals surface area contributed by atoms with Crippen molar-refractivity contribution in [2.75, 3.05) is 27.2 Å². The van der Waals surface area contributed by atoms with Crippen LogP contribution in [0.2, 0.25) is 0 Å². The Balaban J connectivity index is 2.11. The fourth-order valence-corrected chi connectivity index (χ4v) is 1.66. The van der Waals surface area contributed by atoms with Crippen LogP contribution in [0.15, 0.2) is 10.9 Å². The molecule has 94 valence electrons. The molecular weight excluding hydrogens is 240 g/mol. The largest absolute Gasteiger partial charge is 0.354 e. The molecule has 2 N–H and O–H groups in total. The van der Waals surface area contributed by atoms with Gasteiger partial charge in [0.25, 0.3) is 0 Å². The lowest BCUT2D eigenvalue weighted by atomic mass is 10.3. The van der Waals surface area contributed by atoms with E-state index >= 15 is 0 Å². The second-order valence-electron chi connectivity index (χ2n) is 3.63. The van der Waals surface area contributed by atoms with Gasteiger partial charge in [0.15, 0.2) is 0 Å². The summed E-state index contributed by atoms with van der Waals surface area (Å²) in [6.45, 7) is 0.522. The lowest BCUT2D eigenvalue weighted by Gasteiger charge is -2.11. The number of rotatable bonds is 5. The van der Waals surface area contributed by atoms with Crippen molar-refractivity contribution in [3.05, 3.63) is 16.6 Å². The lowest BCUT2D eigenvalue weighted by Crippen LogP contribution is -2.41. The summed E-state index contributed by atoms with van der Waals surface area (Å²) in [7, 11) is 3.24. The van der Waals surface area contributed by atoms with Gasteiger partial charge in [0.1, 0.15) is 0 Å². The van der Waals surface area contributed by atoms with Crippen molar-refractivity contribution in [3.63, 3.8) is 0 Å². The minimum atomic E-state index is -0.278. The highest BCUT2D eigenvalue weighted by atomic mass is 32.1. The minimum Gasteiger partial charge on any atom is -0.354 e. The Hall–Kier alpha value is -1.63. The summed E-state index contributed by atoms with van der Waals surface area (Å²) in [6, 6.07) is -0.278. The van der Waals surface area contributed by atoms with Crippen molar-refractivity contribution in [2.45, 2.75) is 6.42 Å². The summed E-state index contributed by atoms with van der Waals surface area (Å²) in [4.78, 5) is 27.9. The first kappa shape index (κ1) is 13.4. The molecule has 0 unspecified atom stereocenters. The molecule has 0 aliphatic heterocycles. The fraction of sp³-hybridized carbons (Fsp3) is 0.500. The van der Waals surface area contributed by atoms with Crippen LogP contribution in [0.4, 0.5) is 4.79 Å². The van der Waals surface area contributed by atoms with E-state index in [0.29, 0.717) is 13.0 Å². The first-order chi connectivity index (χ1) is 8.09. The van der Waals surface area contributed by atoms with Crippen LogP contribution >= 0.6 is 11.3 Å². The number of carbonyl (C=O) groups is 2. The summed E-state index contributed by atoms with van der Waals surface area (Å²) in [5.74, 6) is -0.199. The molecular formula is C10H16N4O2S. The Labute approximate surface area is 104 Å². The van der Waals surface area contributed by atoms with Crippen molar-refractivity contribution in [1.29, 1.82) is 0 Å². The molecule has 1 rings (SSSR count). The molecule has 0 saturated carbocycles. The number of nitrogens with one attached hydrogen (secondary N) is 2. The van der Waals surface area contributed by atoms with Gasteiger partial charge in [0, 0.05) is 32.4 Å². The van der Waals surface area contributed by atoms with E-state index in [2.05, 4.69) is 15.6 Å². The van der Waals surface area contributed by atoms with E-state index in [9.17, 15) is 9.59 Å². The van der Waals surface area contributed by atoms with Gasteiger partial charge in [-0.05, 0) is 0 Å². The van der Waals surface area contributed by atoms with Crippen molar-refractivity contribution in [2.24, 2.45) is 0 Å². The predicted octanol–water partition coefficient (Wildman–Crippen LogP) is 0.0730. The quantitative estimate of drug-likeness (QED) is 0.783. The maximum absolute atomic E-state index is 11.3. The summed E-state index contributed by atoms with van der Waals surface area (Å²) >= 11 is 1.53. The smallest absolute Gasteiger partial charge is 0.317 e. The molecule has 0 aromatic carbocycles. The number of thiazole rings is 1. The maximum Gasteiger partial charge on any atom is 0.317 e. The molecule has 0 bridgehead atoms. The first-order valence-electron chi connectivity index (χ1n) is 5.18. The Morgan fingerprint density at radius 1 is 1.41 bits per heavy atom. The van der Waals surface area contributed by atoms with Gasteiger partial charge in [0.05, 0.1) is 17.7 Å². The van der Waals surface area contributed by atoms with Crippen LogP contribution in [-0.4, -0.2) is 49.0 Å². The molecule has 1 aromatic heterocycles. The molecule has 3 amide bonds. The molecule has 0 fully saturated rings. The number of nitrogens with zero attached hydrogens (tertiary/aromatic N) is 2. The van der Waals surface area contributed by atoms with E-state index in [1.54, 1.807) is 19.6 Å². The fourth-order valence-electron chi connectivity index (χ4n) is 1.07. The number of hydrogen-bond acceptors (Lipinski definition) is 4. The molecule has 1 aromatic rings. The molecule has 0 aliphatic carbocycles. The molecule has 0 aliphatic rings. The van der Waals surface area contributed by atoms with E-state index in [0.717, 1.165) is 5.69 Å². The van der Waals surface area contributed by atoms with E-state index in [1.165, 1.54) is 16.2 Å². The second-order valence-corrected chi connectivity index (χ2v) is 4.35.